The molecule has 0 amide bonds. The van der Waals surface area contributed by atoms with Crippen molar-refractivity contribution >= 4 is 34.1 Å². The Morgan fingerprint density at radius 3 is 0.883 bits per heavy atom. The number of aromatic nitrogens is 6. The summed E-state index contributed by atoms with van der Waals surface area (Å²) in [7, 11) is 0. The molecule has 0 spiro atoms. The number of anilines is 6. The van der Waals surface area contributed by atoms with Crippen molar-refractivity contribution in [1.82, 2.24) is 30.4 Å². The number of benzene rings is 6. The zero-order valence-corrected chi connectivity index (χ0v) is 32.0. The van der Waals surface area contributed by atoms with E-state index in [1.54, 1.807) is 12.4 Å². The van der Waals surface area contributed by atoms with E-state index in [2.05, 4.69) is 113 Å². The molecule has 6 aromatic carbocycles. The molecule has 10 nitrogen and oxygen atoms in total. The van der Waals surface area contributed by atoms with Crippen molar-refractivity contribution in [2.24, 2.45) is 0 Å². The van der Waals surface area contributed by atoms with Crippen molar-refractivity contribution in [2.45, 2.75) is 0 Å². The lowest BCUT2D eigenvalue weighted by Crippen LogP contribution is -2.09. The van der Waals surface area contributed by atoms with Gasteiger partial charge in [0.2, 0.25) is 23.6 Å². The van der Waals surface area contributed by atoms with Gasteiger partial charge in [-0.05, 0) is 121 Å². The number of hydrogen-bond acceptors (Lipinski definition) is 10. The minimum Gasteiger partial charge on any atom is -0.416 e. The highest BCUT2D eigenvalue weighted by Crippen LogP contribution is 2.37. The Morgan fingerprint density at radius 1 is 0.283 bits per heavy atom. The predicted molar refractivity (Wildman–Crippen MR) is 234 cm³/mol. The monoisotopic (exact) mass is 778 g/mol. The summed E-state index contributed by atoms with van der Waals surface area (Å²) >= 11 is 0. The van der Waals surface area contributed by atoms with Crippen LogP contribution < -0.4 is 9.80 Å². The van der Waals surface area contributed by atoms with Gasteiger partial charge in [-0.3, -0.25) is 9.97 Å². The molecule has 0 atom stereocenters. The van der Waals surface area contributed by atoms with Gasteiger partial charge in [0.15, 0.2) is 0 Å². The molecule has 0 aliphatic rings. The number of hydrogen-bond donors (Lipinski definition) is 0. The molecule has 0 unspecified atom stereocenters. The van der Waals surface area contributed by atoms with E-state index in [0.717, 1.165) is 45.3 Å². The van der Waals surface area contributed by atoms with E-state index in [9.17, 15) is 0 Å². The lowest BCUT2D eigenvalue weighted by atomic mass is 10.1. The van der Waals surface area contributed by atoms with E-state index in [1.807, 2.05) is 121 Å². The maximum Gasteiger partial charge on any atom is 0.248 e. The van der Waals surface area contributed by atoms with E-state index >= 15 is 0 Å². The molecule has 0 fully saturated rings. The topological polar surface area (TPSA) is 110 Å². The number of pyridine rings is 2. The molecule has 286 valence electrons. The fraction of sp³-hybridized carbons (Fsp3) is 0. The number of rotatable bonds is 11. The van der Waals surface area contributed by atoms with Crippen LogP contribution in [0.3, 0.4) is 0 Å². The van der Waals surface area contributed by atoms with Crippen molar-refractivity contribution in [3.63, 3.8) is 0 Å². The minimum absolute atomic E-state index is 0.368. The molecule has 0 saturated carbocycles. The van der Waals surface area contributed by atoms with Crippen LogP contribution in [-0.2, 0) is 0 Å². The highest BCUT2D eigenvalue weighted by atomic mass is 16.4. The molecule has 60 heavy (non-hydrogen) atoms. The maximum absolute atomic E-state index is 6.20. The Morgan fingerprint density at radius 2 is 0.567 bits per heavy atom. The van der Waals surface area contributed by atoms with Gasteiger partial charge in [-0.1, -0.05) is 72.8 Å². The first-order chi connectivity index (χ1) is 29.7. The largest absolute Gasteiger partial charge is 0.416 e. The van der Waals surface area contributed by atoms with E-state index < -0.39 is 0 Å². The smallest absolute Gasteiger partial charge is 0.248 e. The van der Waals surface area contributed by atoms with E-state index in [1.165, 1.54) is 0 Å². The quantitative estimate of drug-likeness (QED) is 0.126. The van der Waals surface area contributed by atoms with Gasteiger partial charge in [-0.2, -0.15) is 0 Å². The highest BCUT2D eigenvalue weighted by Gasteiger charge is 2.18. The lowest BCUT2D eigenvalue weighted by Gasteiger charge is -2.25. The second-order valence-corrected chi connectivity index (χ2v) is 13.8. The summed E-state index contributed by atoms with van der Waals surface area (Å²) in [5, 5.41) is 17.5. The van der Waals surface area contributed by atoms with Crippen LogP contribution in [0, 0.1) is 0 Å². The van der Waals surface area contributed by atoms with Crippen LogP contribution in [0.25, 0.3) is 57.2 Å². The third-order valence-corrected chi connectivity index (χ3v) is 9.93. The van der Waals surface area contributed by atoms with Crippen LogP contribution in [0.15, 0.2) is 215 Å². The Bertz CT molecular complexity index is 2690. The molecule has 0 aliphatic carbocycles. The second-order valence-electron chi connectivity index (χ2n) is 13.8. The normalized spacial score (nSPS) is 11.0. The molecular formula is C50H34N8O2. The third kappa shape index (κ3) is 7.39. The minimum atomic E-state index is 0.368. The van der Waals surface area contributed by atoms with Crippen LogP contribution in [0.1, 0.15) is 0 Å². The summed E-state index contributed by atoms with van der Waals surface area (Å²) < 4.78 is 12.4. The fourth-order valence-corrected chi connectivity index (χ4v) is 7.03. The van der Waals surface area contributed by atoms with Crippen LogP contribution in [0.2, 0.25) is 0 Å². The average Bonchev–Trinajstić information content (AvgIpc) is 4.04. The molecule has 0 radical (unpaired) electrons. The molecular weight excluding hydrogens is 745 g/mol. The first kappa shape index (κ1) is 35.9. The maximum atomic E-state index is 6.20. The standard InChI is InChI=1S/C50H34N8O2/c1-5-13-39(14-6-1)57(40-15-7-2-8-16-40)43-25-21-35(22-26-43)47-53-55-49(59-47)37-29-31-51-45(33-37)46-34-38(30-32-52-46)50-56-54-48(60-50)36-23-27-44(28-24-36)58(41-17-9-3-10-18-41)42-19-11-4-12-20-42/h1-34H. The second kappa shape index (κ2) is 16.2. The average molecular weight is 779 g/mol. The Labute approximate surface area is 345 Å². The lowest BCUT2D eigenvalue weighted by molar-refractivity contribution is 0.584. The summed E-state index contributed by atoms with van der Waals surface area (Å²) in [5.74, 6) is 1.56. The summed E-state index contributed by atoms with van der Waals surface area (Å²) in [6, 6.07) is 64.7. The van der Waals surface area contributed by atoms with Gasteiger partial charge in [0.05, 0.1) is 11.4 Å². The van der Waals surface area contributed by atoms with Crippen molar-refractivity contribution in [1.29, 1.82) is 0 Å². The molecule has 0 aliphatic heterocycles. The zero-order valence-electron chi connectivity index (χ0n) is 32.0. The van der Waals surface area contributed by atoms with Gasteiger partial charge in [0.25, 0.3) is 0 Å². The first-order valence-electron chi connectivity index (χ1n) is 19.4. The van der Waals surface area contributed by atoms with Gasteiger partial charge in [-0.15, -0.1) is 20.4 Å². The molecule has 0 N–H and O–H groups in total. The van der Waals surface area contributed by atoms with E-state index in [0.29, 0.717) is 46.1 Å². The van der Waals surface area contributed by atoms with Crippen LogP contribution in [0.5, 0.6) is 0 Å². The van der Waals surface area contributed by atoms with Gasteiger partial charge in [0.1, 0.15) is 0 Å². The molecule has 4 aromatic heterocycles. The Hall–Kier alpha value is -8.50. The molecule has 0 bridgehead atoms. The molecule has 10 heteroatoms. The SMILES string of the molecule is c1ccc(N(c2ccccc2)c2ccc(-c3nnc(-c4ccnc(-c5cc(-c6nnc(-c7ccc(N(c8ccccc8)c8ccccc8)cc7)o6)ccn5)c4)o3)cc2)cc1. The number of para-hydroxylation sites is 4. The van der Waals surface area contributed by atoms with Gasteiger partial charge in [0, 0.05) is 68.8 Å². The summed E-state index contributed by atoms with van der Waals surface area (Å²) in [6.45, 7) is 0. The van der Waals surface area contributed by atoms with Gasteiger partial charge >= 0.3 is 0 Å². The van der Waals surface area contributed by atoms with Crippen molar-refractivity contribution < 1.29 is 8.83 Å². The van der Waals surface area contributed by atoms with E-state index in [-0.39, 0.29) is 0 Å². The van der Waals surface area contributed by atoms with Crippen LogP contribution in [0.4, 0.5) is 34.1 Å². The Balaban J connectivity index is 0.865. The van der Waals surface area contributed by atoms with Crippen molar-refractivity contribution in [3.05, 3.63) is 207 Å². The van der Waals surface area contributed by atoms with Crippen molar-refractivity contribution in [3.8, 4) is 57.2 Å². The summed E-state index contributed by atoms with van der Waals surface area (Å²) in [5.41, 5.74) is 10.5. The molecule has 10 aromatic rings. The predicted octanol–water partition coefficient (Wildman–Crippen LogP) is 12.5. The first-order valence-corrected chi connectivity index (χ1v) is 19.4. The molecule has 10 rings (SSSR count). The van der Waals surface area contributed by atoms with Crippen molar-refractivity contribution in [2.75, 3.05) is 9.80 Å². The third-order valence-electron chi connectivity index (χ3n) is 9.93. The fourth-order valence-electron chi connectivity index (χ4n) is 7.03. The van der Waals surface area contributed by atoms with Gasteiger partial charge in [-0.25, -0.2) is 0 Å². The number of nitrogens with zero attached hydrogens (tertiary/aromatic N) is 8. The Kier molecular flexibility index (Phi) is 9.67. The van der Waals surface area contributed by atoms with Crippen LogP contribution >= 0.6 is 0 Å². The molecule has 4 heterocycles. The van der Waals surface area contributed by atoms with Gasteiger partial charge < -0.3 is 18.6 Å². The molecule has 0 saturated heterocycles. The summed E-state index contributed by atoms with van der Waals surface area (Å²) in [4.78, 5) is 13.6. The zero-order chi connectivity index (χ0) is 40.1. The highest BCUT2D eigenvalue weighted by molar-refractivity contribution is 5.79. The van der Waals surface area contributed by atoms with E-state index in [4.69, 9.17) is 8.83 Å². The summed E-state index contributed by atoms with van der Waals surface area (Å²) in [6.07, 6.45) is 3.40. The van der Waals surface area contributed by atoms with Crippen LogP contribution in [-0.4, -0.2) is 30.4 Å².